The van der Waals surface area contributed by atoms with E-state index < -0.39 is 11.3 Å². The van der Waals surface area contributed by atoms with Gasteiger partial charge in [0.05, 0.1) is 26.8 Å². The molecule has 0 saturated heterocycles. The van der Waals surface area contributed by atoms with Crippen LogP contribution in [0, 0.1) is 16.7 Å². The molecule has 1 aromatic carbocycles. The maximum Gasteiger partial charge on any atom is 0.244 e. The summed E-state index contributed by atoms with van der Waals surface area (Å²) in [5.74, 6) is -0.423. The van der Waals surface area contributed by atoms with Crippen molar-refractivity contribution in [3.8, 4) is 6.07 Å². The summed E-state index contributed by atoms with van der Waals surface area (Å²) in [6.45, 7) is 3.33. The second kappa shape index (κ2) is 5.79. The number of benzene rings is 1. The molecule has 1 rings (SSSR count). The molecule has 3 nitrogen and oxygen atoms in total. The van der Waals surface area contributed by atoms with Gasteiger partial charge in [-0.2, -0.15) is 5.26 Å². The van der Waals surface area contributed by atoms with Gasteiger partial charge in [0.15, 0.2) is 0 Å². The van der Waals surface area contributed by atoms with Crippen molar-refractivity contribution in [2.45, 2.75) is 20.3 Å². The molecule has 0 aliphatic rings. The van der Waals surface area contributed by atoms with Crippen molar-refractivity contribution in [3.63, 3.8) is 0 Å². The van der Waals surface area contributed by atoms with E-state index in [1.165, 1.54) is 12.1 Å². The minimum absolute atomic E-state index is 0.272. The molecule has 0 aromatic heterocycles. The van der Waals surface area contributed by atoms with Gasteiger partial charge < -0.3 is 5.32 Å². The third kappa shape index (κ3) is 3.08. The lowest BCUT2D eigenvalue weighted by Gasteiger charge is -2.19. The van der Waals surface area contributed by atoms with Crippen molar-refractivity contribution in [1.29, 1.82) is 5.26 Å². The zero-order valence-corrected chi connectivity index (χ0v) is 12.1. The highest BCUT2D eigenvalue weighted by molar-refractivity contribution is 6.44. The van der Waals surface area contributed by atoms with Crippen molar-refractivity contribution in [1.82, 2.24) is 0 Å². The average Bonchev–Trinajstić information content (AvgIpc) is 2.34. The Morgan fingerprint density at radius 2 is 1.89 bits per heavy atom. The fourth-order valence-electron chi connectivity index (χ4n) is 1.17. The van der Waals surface area contributed by atoms with Crippen LogP contribution in [-0.2, 0) is 4.79 Å². The van der Waals surface area contributed by atoms with Gasteiger partial charge in [-0.05, 0) is 25.5 Å². The third-order valence-electron chi connectivity index (χ3n) is 2.71. The molecule has 0 aliphatic heterocycles. The number of nitrogens with one attached hydrogen (secondary N) is 1. The van der Waals surface area contributed by atoms with Crippen LogP contribution < -0.4 is 5.32 Å². The maximum atomic E-state index is 12.0. The molecule has 96 valence electrons. The van der Waals surface area contributed by atoms with Gasteiger partial charge in [0.2, 0.25) is 5.91 Å². The molecule has 0 spiro atoms. The van der Waals surface area contributed by atoms with E-state index in [1.807, 2.05) is 6.07 Å². The summed E-state index contributed by atoms with van der Waals surface area (Å²) in [6.07, 6.45) is 0.397. The summed E-state index contributed by atoms with van der Waals surface area (Å²) in [5.41, 5.74) is -0.763. The Balaban J connectivity index is 3.03. The Labute approximate surface area is 121 Å². The first kappa shape index (κ1) is 15.1. The number of carbonyl (C=O) groups excluding carboxylic acids is 1. The number of nitrogens with zero attached hydrogens (tertiary/aromatic N) is 1. The molecule has 0 bridgehead atoms. The fourth-order valence-corrected chi connectivity index (χ4v) is 1.76. The first-order valence-electron chi connectivity index (χ1n) is 5.21. The van der Waals surface area contributed by atoms with Gasteiger partial charge >= 0.3 is 0 Å². The van der Waals surface area contributed by atoms with Crippen LogP contribution in [0.1, 0.15) is 20.3 Å². The lowest BCUT2D eigenvalue weighted by Crippen LogP contribution is -2.31. The lowest BCUT2D eigenvalue weighted by atomic mass is 9.88. The van der Waals surface area contributed by atoms with Gasteiger partial charge in [0, 0.05) is 0 Å². The van der Waals surface area contributed by atoms with Crippen LogP contribution in [-0.4, -0.2) is 5.91 Å². The van der Waals surface area contributed by atoms with Crippen LogP contribution in [0.15, 0.2) is 12.1 Å². The van der Waals surface area contributed by atoms with E-state index in [1.54, 1.807) is 13.8 Å². The van der Waals surface area contributed by atoms with E-state index in [-0.39, 0.29) is 10.0 Å². The number of amides is 1. The molecule has 1 amide bonds. The Morgan fingerprint density at radius 3 is 2.39 bits per heavy atom. The summed E-state index contributed by atoms with van der Waals surface area (Å²) in [7, 11) is 0. The van der Waals surface area contributed by atoms with Crippen molar-refractivity contribution >= 4 is 46.4 Å². The zero-order chi connectivity index (χ0) is 13.9. The first-order chi connectivity index (χ1) is 8.34. The summed E-state index contributed by atoms with van der Waals surface area (Å²) in [6, 6.07) is 4.88. The van der Waals surface area contributed by atoms with Crippen LogP contribution in [0.4, 0.5) is 5.69 Å². The van der Waals surface area contributed by atoms with Crippen LogP contribution >= 0.6 is 34.8 Å². The van der Waals surface area contributed by atoms with Crippen molar-refractivity contribution in [3.05, 3.63) is 27.2 Å². The van der Waals surface area contributed by atoms with E-state index in [0.717, 1.165) is 0 Å². The number of anilines is 1. The number of nitriles is 1. The van der Waals surface area contributed by atoms with E-state index in [0.29, 0.717) is 17.1 Å². The Hall–Kier alpha value is -0.950. The number of halogens is 3. The predicted molar refractivity (Wildman–Crippen MR) is 74.1 cm³/mol. The SMILES string of the molecule is CCC(C)(C#N)C(=O)Nc1cc(Cl)c(Cl)cc1Cl. The second-order valence-corrected chi connectivity index (χ2v) is 5.22. The van der Waals surface area contributed by atoms with E-state index in [4.69, 9.17) is 40.1 Å². The summed E-state index contributed by atoms with van der Waals surface area (Å²) >= 11 is 17.6. The smallest absolute Gasteiger partial charge is 0.244 e. The number of carbonyl (C=O) groups is 1. The highest BCUT2D eigenvalue weighted by atomic mass is 35.5. The lowest BCUT2D eigenvalue weighted by molar-refractivity contribution is -0.122. The van der Waals surface area contributed by atoms with Crippen LogP contribution in [0.5, 0.6) is 0 Å². The van der Waals surface area contributed by atoms with Crippen LogP contribution in [0.25, 0.3) is 0 Å². The zero-order valence-electron chi connectivity index (χ0n) is 9.85. The molecule has 1 unspecified atom stereocenters. The highest BCUT2D eigenvalue weighted by Crippen LogP contribution is 2.33. The summed E-state index contributed by atoms with van der Waals surface area (Å²) in [5, 5.41) is 12.5. The van der Waals surface area contributed by atoms with Crippen molar-refractivity contribution < 1.29 is 4.79 Å². The van der Waals surface area contributed by atoms with E-state index >= 15 is 0 Å². The molecular weight excluding hydrogens is 295 g/mol. The normalized spacial score (nSPS) is 13.6. The Morgan fingerprint density at radius 1 is 1.33 bits per heavy atom. The standard InChI is InChI=1S/C12H11Cl3N2O/c1-3-12(2,6-16)11(18)17-10-5-8(14)7(13)4-9(10)15/h4-5H,3H2,1-2H3,(H,17,18). The average molecular weight is 306 g/mol. The maximum absolute atomic E-state index is 12.0. The molecule has 1 aromatic rings. The molecule has 0 aliphatic carbocycles. The van der Waals surface area contributed by atoms with Gasteiger partial charge in [-0.1, -0.05) is 41.7 Å². The number of hydrogen-bond donors (Lipinski definition) is 1. The van der Waals surface area contributed by atoms with Gasteiger partial charge in [-0.25, -0.2) is 0 Å². The second-order valence-electron chi connectivity index (χ2n) is 4.00. The molecule has 0 heterocycles. The van der Waals surface area contributed by atoms with Crippen LogP contribution in [0.2, 0.25) is 15.1 Å². The topological polar surface area (TPSA) is 52.9 Å². The minimum atomic E-state index is -1.10. The Bertz CT molecular complexity index is 525. The van der Waals surface area contributed by atoms with E-state index in [2.05, 4.69) is 5.32 Å². The molecule has 18 heavy (non-hydrogen) atoms. The van der Waals surface area contributed by atoms with Crippen molar-refractivity contribution in [2.24, 2.45) is 5.41 Å². The molecule has 1 atom stereocenters. The molecule has 6 heteroatoms. The number of rotatable bonds is 3. The van der Waals surface area contributed by atoms with Gasteiger partial charge in [-0.15, -0.1) is 0 Å². The largest absolute Gasteiger partial charge is 0.323 e. The summed E-state index contributed by atoms with van der Waals surface area (Å²) in [4.78, 5) is 12.0. The highest BCUT2D eigenvalue weighted by Gasteiger charge is 2.31. The first-order valence-corrected chi connectivity index (χ1v) is 6.34. The monoisotopic (exact) mass is 304 g/mol. The van der Waals surface area contributed by atoms with E-state index in [9.17, 15) is 4.79 Å². The third-order valence-corrected chi connectivity index (χ3v) is 3.75. The molecular formula is C12H11Cl3N2O. The quantitative estimate of drug-likeness (QED) is 0.834. The van der Waals surface area contributed by atoms with Crippen LogP contribution in [0.3, 0.4) is 0 Å². The van der Waals surface area contributed by atoms with Gasteiger partial charge in [0.25, 0.3) is 0 Å². The predicted octanol–water partition coefficient (Wildman–Crippen LogP) is 4.53. The minimum Gasteiger partial charge on any atom is -0.323 e. The summed E-state index contributed by atoms with van der Waals surface area (Å²) < 4.78 is 0. The fraction of sp³-hybridized carbons (Fsp3) is 0.333. The Kier molecular flexibility index (Phi) is 4.86. The van der Waals surface area contributed by atoms with Gasteiger partial charge in [0.1, 0.15) is 5.41 Å². The van der Waals surface area contributed by atoms with Crippen molar-refractivity contribution in [2.75, 3.05) is 5.32 Å². The molecule has 0 fully saturated rings. The molecule has 0 radical (unpaired) electrons. The van der Waals surface area contributed by atoms with Gasteiger partial charge in [-0.3, -0.25) is 4.79 Å². The number of hydrogen-bond acceptors (Lipinski definition) is 2. The molecule has 1 N–H and O–H groups in total. The molecule has 0 saturated carbocycles.